The maximum absolute atomic E-state index is 13.8. The molecule has 0 spiro atoms. The average Bonchev–Trinajstić information content (AvgIpc) is 2.24. The molecule has 0 heterocycles. The van der Waals surface area contributed by atoms with Crippen LogP contribution in [0.1, 0.15) is 30.9 Å². The van der Waals surface area contributed by atoms with Gasteiger partial charge in [0.15, 0.2) is 16.5 Å². The molecular weight excluding hydrogens is 310 g/mol. The summed E-state index contributed by atoms with van der Waals surface area (Å²) < 4.78 is 100. The number of hydrogen-bond acceptors (Lipinski definition) is 2. The summed E-state index contributed by atoms with van der Waals surface area (Å²) in [7, 11) is -6.32. The SMILES string of the molecule is Cc1c(F)c(S(=O)(=O)C(F)(F)F)c(F)c(F)c1C(C)C. The summed E-state index contributed by atoms with van der Waals surface area (Å²) >= 11 is 0. The summed E-state index contributed by atoms with van der Waals surface area (Å²) in [4.78, 5) is -2.30. The molecule has 0 aliphatic carbocycles. The molecule has 0 aliphatic rings. The first-order chi connectivity index (χ1) is 8.84. The molecule has 1 aromatic carbocycles. The highest BCUT2D eigenvalue weighted by molar-refractivity contribution is 7.92. The van der Waals surface area contributed by atoms with E-state index in [0.29, 0.717) is 0 Å². The molecule has 0 atom stereocenters. The van der Waals surface area contributed by atoms with Crippen molar-refractivity contribution in [2.75, 3.05) is 0 Å². The Labute approximate surface area is 111 Å². The van der Waals surface area contributed by atoms with Crippen LogP contribution in [0.2, 0.25) is 0 Å². The van der Waals surface area contributed by atoms with Gasteiger partial charge in [-0.2, -0.15) is 13.2 Å². The molecule has 2 nitrogen and oxygen atoms in total. The third kappa shape index (κ3) is 2.38. The summed E-state index contributed by atoms with van der Waals surface area (Å²) in [6.45, 7) is 3.62. The normalized spacial score (nSPS) is 13.1. The van der Waals surface area contributed by atoms with Crippen molar-refractivity contribution in [3.05, 3.63) is 28.6 Å². The second-order valence-corrected chi connectivity index (χ2v) is 6.29. The van der Waals surface area contributed by atoms with Crippen LogP contribution < -0.4 is 0 Å². The van der Waals surface area contributed by atoms with Crippen LogP contribution in [-0.4, -0.2) is 13.9 Å². The minimum absolute atomic E-state index is 0.499. The molecule has 9 heteroatoms. The molecule has 0 unspecified atom stereocenters. The number of hydrogen-bond donors (Lipinski definition) is 0. The predicted octanol–water partition coefficient (Wildman–Crippen LogP) is 3.83. The van der Waals surface area contributed by atoms with E-state index in [-0.39, 0.29) is 0 Å². The van der Waals surface area contributed by atoms with Gasteiger partial charge in [-0.1, -0.05) is 13.8 Å². The summed E-state index contributed by atoms with van der Waals surface area (Å²) in [5.41, 5.74) is -7.09. The average molecular weight is 320 g/mol. The zero-order chi connectivity index (χ0) is 16.0. The van der Waals surface area contributed by atoms with Crippen molar-refractivity contribution in [2.45, 2.75) is 37.1 Å². The lowest BCUT2D eigenvalue weighted by Crippen LogP contribution is -2.27. The number of sulfone groups is 1. The quantitative estimate of drug-likeness (QED) is 0.613. The molecule has 0 saturated heterocycles. The second-order valence-electron chi connectivity index (χ2n) is 4.41. The maximum Gasteiger partial charge on any atom is 0.502 e. The monoisotopic (exact) mass is 320 g/mol. The largest absolute Gasteiger partial charge is 0.502 e. The van der Waals surface area contributed by atoms with Crippen LogP contribution >= 0.6 is 0 Å². The van der Waals surface area contributed by atoms with Crippen LogP contribution in [0, 0.1) is 24.4 Å². The Morgan fingerprint density at radius 2 is 1.40 bits per heavy atom. The minimum Gasteiger partial charge on any atom is -0.214 e. The van der Waals surface area contributed by atoms with Gasteiger partial charge in [0.05, 0.1) is 0 Å². The number of benzene rings is 1. The molecular formula is C11H10F6O2S. The van der Waals surface area contributed by atoms with E-state index in [1.54, 1.807) is 0 Å². The van der Waals surface area contributed by atoms with Crippen LogP contribution in [-0.2, 0) is 9.84 Å². The van der Waals surface area contributed by atoms with Gasteiger partial charge in [0.2, 0.25) is 0 Å². The summed E-state index contributed by atoms with van der Waals surface area (Å²) in [5, 5.41) is 0. The molecule has 0 aliphatic heterocycles. The van der Waals surface area contributed by atoms with Crippen molar-refractivity contribution in [3.63, 3.8) is 0 Å². The molecule has 0 radical (unpaired) electrons. The van der Waals surface area contributed by atoms with Gasteiger partial charge in [-0.05, 0) is 24.0 Å². The van der Waals surface area contributed by atoms with E-state index < -0.39 is 54.7 Å². The van der Waals surface area contributed by atoms with E-state index in [4.69, 9.17) is 0 Å². The zero-order valence-electron chi connectivity index (χ0n) is 10.6. The van der Waals surface area contributed by atoms with E-state index in [1.165, 1.54) is 13.8 Å². The highest BCUT2D eigenvalue weighted by atomic mass is 32.2. The van der Waals surface area contributed by atoms with Crippen molar-refractivity contribution >= 4 is 9.84 Å². The number of halogens is 6. The Balaban J connectivity index is 3.88. The highest BCUT2D eigenvalue weighted by Crippen LogP contribution is 2.38. The Bertz CT molecular complexity index is 617. The van der Waals surface area contributed by atoms with Crippen LogP contribution in [0.4, 0.5) is 26.3 Å². The Morgan fingerprint density at radius 1 is 0.950 bits per heavy atom. The van der Waals surface area contributed by atoms with Gasteiger partial charge in [0, 0.05) is 0 Å². The van der Waals surface area contributed by atoms with Crippen LogP contribution in [0.3, 0.4) is 0 Å². The van der Waals surface area contributed by atoms with Crippen molar-refractivity contribution in [1.82, 2.24) is 0 Å². The van der Waals surface area contributed by atoms with Crippen LogP contribution in [0.25, 0.3) is 0 Å². The number of rotatable bonds is 2. The van der Waals surface area contributed by atoms with E-state index >= 15 is 0 Å². The molecule has 0 amide bonds. The molecule has 0 N–H and O–H groups in total. The minimum atomic E-state index is -6.32. The topological polar surface area (TPSA) is 34.1 Å². The smallest absolute Gasteiger partial charge is 0.214 e. The fourth-order valence-corrected chi connectivity index (χ4v) is 2.75. The zero-order valence-corrected chi connectivity index (χ0v) is 11.4. The van der Waals surface area contributed by atoms with Gasteiger partial charge in [-0.15, -0.1) is 0 Å². The van der Waals surface area contributed by atoms with Gasteiger partial charge in [0.25, 0.3) is 9.84 Å². The summed E-state index contributed by atoms with van der Waals surface area (Å²) in [5.74, 6) is -6.80. The molecule has 0 saturated carbocycles. The lowest BCUT2D eigenvalue weighted by atomic mass is 9.96. The standard InChI is InChI=1S/C11H10F6O2S/c1-4(2)6-5(3)7(12)10(9(14)8(6)13)20(18,19)11(15,16)17/h4H,1-3H3. The highest BCUT2D eigenvalue weighted by Gasteiger charge is 2.51. The molecule has 0 fully saturated rings. The lowest BCUT2D eigenvalue weighted by molar-refractivity contribution is -0.0440. The van der Waals surface area contributed by atoms with Crippen LogP contribution in [0.5, 0.6) is 0 Å². The van der Waals surface area contributed by atoms with E-state index in [9.17, 15) is 34.8 Å². The van der Waals surface area contributed by atoms with Gasteiger partial charge in [-0.3, -0.25) is 0 Å². The molecule has 20 heavy (non-hydrogen) atoms. The van der Waals surface area contributed by atoms with E-state index in [2.05, 4.69) is 0 Å². The first-order valence-electron chi connectivity index (χ1n) is 5.32. The Kier molecular flexibility index (Phi) is 4.15. The lowest BCUT2D eigenvalue weighted by Gasteiger charge is -2.17. The first kappa shape index (κ1) is 16.8. The molecule has 1 rings (SSSR count). The first-order valence-corrected chi connectivity index (χ1v) is 6.80. The molecule has 114 valence electrons. The maximum atomic E-state index is 13.8. The molecule has 1 aromatic rings. The van der Waals surface area contributed by atoms with Crippen molar-refractivity contribution in [1.29, 1.82) is 0 Å². The van der Waals surface area contributed by atoms with Gasteiger partial charge >= 0.3 is 5.51 Å². The second kappa shape index (κ2) is 4.94. The predicted molar refractivity (Wildman–Crippen MR) is 58.4 cm³/mol. The summed E-state index contributed by atoms with van der Waals surface area (Å²) in [6.07, 6.45) is 0. The van der Waals surface area contributed by atoms with Crippen LogP contribution in [0.15, 0.2) is 4.90 Å². The third-order valence-corrected chi connectivity index (χ3v) is 4.22. The van der Waals surface area contributed by atoms with Crippen molar-refractivity contribution < 1.29 is 34.8 Å². The van der Waals surface area contributed by atoms with Gasteiger partial charge in [-0.25, -0.2) is 21.6 Å². The van der Waals surface area contributed by atoms with E-state index in [0.717, 1.165) is 6.92 Å². The van der Waals surface area contributed by atoms with Gasteiger partial charge < -0.3 is 0 Å². The fourth-order valence-electron chi connectivity index (χ4n) is 1.81. The molecule has 0 aromatic heterocycles. The van der Waals surface area contributed by atoms with Crippen molar-refractivity contribution in [3.8, 4) is 0 Å². The van der Waals surface area contributed by atoms with Gasteiger partial charge in [0.1, 0.15) is 5.82 Å². The Hall–Kier alpha value is -1.25. The van der Waals surface area contributed by atoms with Crippen molar-refractivity contribution in [2.24, 2.45) is 0 Å². The summed E-state index contributed by atoms with van der Waals surface area (Å²) in [6, 6.07) is 0. The molecule has 0 bridgehead atoms. The van der Waals surface area contributed by atoms with E-state index in [1.807, 2.05) is 0 Å². The number of alkyl halides is 3. The Morgan fingerprint density at radius 3 is 1.75 bits per heavy atom. The third-order valence-electron chi connectivity index (χ3n) is 2.71. The fraction of sp³-hybridized carbons (Fsp3) is 0.455.